The first-order chi connectivity index (χ1) is 9.47. The first-order valence-electron chi connectivity index (χ1n) is 7.27. The van der Waals surface area contributed by atoms with Gasteiger partial charge in [-0.05, 0) is 31.3 Å². The molecular formula is C15H23N3O2. The summed E-state index contributed by atoms with van der Waals surface area (Å²) in [4.78, 5) is 29.4. The van der Waals surface area contributed by atoms with Crippen molar-refractivity contribution in [1.29, 1.82) is 0 Å². The average molecular weight is 277 g/mol. The molecule has 1 aliphatic carbocycles. The van der Waals surface area contributed by atoms with Gasteiger partial charge < -0.3 is 10.6 Å². The molecule has 2 N–H and O–H groups in total. The third kappa shape index (κ3) is 3.46. The number of carbonyl (C=O) groups excluding carboxylic acids is 2. The normalized spacial score (nSPS) is 26.8. The van der Waals surface area contributed by atoms with Crippen LogP contribution in [0.3, 0.4) is 0 Å². The zero-order valence-electron chi connectivity index (χ0n) is 12.3. The topological polar surface area (TPSA) is 75.8 Å². The van der Waals surface area contributed by atoms with E-state index in [9.17, 15) is 9.59 Å². The molecule has 0 aromatic carbocycles. The van der Waals surface area contributed by atoms with Gasteiger partial charge in [-0.2, -0.15) is 0 Å². The Morgan fingerprint density at radius 3 is 2.55 bits per heavy atom. The molecule has 1 aliphatic heterocycles. The molecule has 0 radical (unpaired) electrons. The quantitative estimate of drug-likeness (QED) is 0.845. The van der Waals surface area contributed by atoms with E-state index in [1.807, 2.05) is 11.1 Å². The summed E-state index contributed by atoms with van der Waals surface area (Å²) in [6.07, 6.45) is 6.12. The molecule has 5 heteroatoms. The van der Waals surface area contributed by atoms with Crippen LogP contribution in [0.1, 0.15) is 39.5 Å². The zero-order chi connectivity index (χ0) is 14.7. The van der Waals surface area contributed by atoms with Crippen LogP contribution in [0.4, 0.5) is 0 Å². The minimum absolute atomic E-state index is 0.196. The Bertz CT molecular complexity index is 460. The molecule has 1 heterocycles. The Kier molecular flexibility index (Phi) is 4.57. The van der Waals surface area contributed by atoms with Crippen LogP contribution in [0.15, 0.2) is 16.8 Å². The van der Waals surface area contributed by atoms with Gasteiger partial charge in [-0.1, -0.05) is 19.8 Å². The lowest BCUT2D eigenvalue weighted by Gasteiger charge is -2.28. The van der Waals surface area contributed by atoms with Crippen molar-refractivity contribution in [1.82, 2.24) is 4.90 Å². The molecule has 2 rings (SSSR count). The molecule has 0 atom stereocenters. The molecular weight excluding hydrogens is 254 g/mol. The second-order valence-corrected chi connectivity index (χ2v) is 5.99. The molecule has 0 aromatic rings. The third-order valence-corrected chi connectivity index (χ3v) is 4.22. The smallest absolute Gasteiger partial charge is 0.267 e. The van der Waals surface area contributed by atoms with Gasteiger partial charge in [0, 0.05) is 12.1 Å². The van der Waals surface area contributed by atoms with Gasteiger partial charge in [-0.25, -0.2) is 0 Å². The van der Waals surface area contributed by atoms with Crippen molar-refractivity contribution in [3.8, 4) is 0 Å². The summed E-state index contributed by atoms with van der Waals surface area (Å²) < 4.78 is 0. The number of Topliss-reactive ketones (excluding diaryl/α,β-unsaturated/α-hetero) is 1. The van der Waals surface area contributed by atoms with E-state index in [1.54, 1.807) is 6.92 Å². The lowest BCUT2D eigenvalue weighted by molar-refractivity contribution is -0.124. The predicted octanol–water partition coefficient (Wildman–Crippen LogP) is 1.49. The molecule has 5 nitrogen and oxygen atoms in total. The van der Waals surface area contributed by atoms with Crippen molar-refractivity contribution in [2.75, 3.05) is 13.2 Å². The van der Waals surface area contributed by atoms with Crippen LogP contribution in [-0.2, 0) is 9.59 Å². The first-order valence-corrected chi connectivity index (χ1v) is 7.27. The van der Waals surface area contributed by atoms with Crippen LogP contribution in [-0.4, -0.2) is 35.5 Å². The summed E-state index contributed by atoms with van der Waals surface area (Å²) in [5.41, 5.74) is 6.29. The molecule has 20 heavy (non-hydrogen) atoms. The van der Waals surface area contributed by atoms with E-state index in [4.69, 9.17) is 5.73 Å². The van der Waals surface area contributed by atoms with Gasteiger partial charge in [0.1, 0.15) is 12.4 Å². The molecule has 1 amide bonds. The van der Waals surface area contributed by atoms with E-state index in [2.05, 4.69) is 11.9 Å². The lowest BCUT2D eigenvalue weighted by Crippen LogP contribution is -2.36. The largest absolute Gasteiger partial charge is 0.364 e. The van der Waals surface area contributed by atoms with Gasteiger partial charge in [0.05, 0.1) is 6.54 Å². The second-order valence-electron chi connectivity index (χ2n) is 5.99. The van der Waals surface area contributed by atoms with Crippen molar-refractivity contribution in [2.24, 2.45) is 22.6 Å². The van der Waals surface area contributed by atoms with Crippen LogP contribution in [0.5, 0.6) is 0 Å². The molecule has 0 saturated heterocycles. The van der Waals surface area contributed by atoms with Gasteiger partial charge in [0.25, 0.3) is 5.91 Å². The second kappa shape index (κ2) is 6.20. The molecule has 0 unspecified atom stereocenters. The number of rotatable bonds is 4. The first kappa shape index (κ1) is 14.8. The van der Waals surface area contributed by atoms with Crippen LogP contribution >= 0.6 is 0 Å². The molecule has 0 bridgehead atoms. The van der Waals surface area contributed by atoms with Crippen LogP contribution in [0.25, 0.3) is 0 Å². The van der Waals surface area contributed by atoms with Crippen LogP contribution in [0.2, 0.25) is 0 Å². The number of amides is 1. The number of hydrogen-bond acceptors (Lipinski definition) is 4. The van der Waals surface area contributed by atoms with E-state index in [0.717, 1.165) is 37.2 Å². The summed E-state index contributed by atoms with van der Waals surface area (Å²) in [6, 6.07) is 0. The molecule has 110 valence electrons. The fourth-order valence-electron chi connectivity index (χ4n) is 2.94. The van der Waals surface area contributed by atoms with Gasteiger partial charge >= 0.3 is 0 Å². The highest BCUT2D eigenvalue weighted by Crippen LogP contribution is 2.29. The summed E-state index contributed by atoms with van der Waals surface area (Å²) in [7, 11) is 0. The van der Waals surface area contributed by atoms with Crippen molar-refractivity contribution in [3.63, 3.8) is 0 Å². The Morgan fingerprint density at radius 1 is 1.35 bits per heavy atom. The highest BCUT2D eigenvalue weighted by atomic mass is 16.1. The summed E-state index contributed by atoms with van der Waals surface area (Å²) in [5, 5.41) is 0. The Hall–Kier alpha value is -1.65. The highest BCUT2D eigenvalue weighted by molar-refractivity contribution is 6.44. The SMILES string of the molecule is CC1=CN(CC(=O)C2CCC(C)CC2)CN=C1C(N)=O. The number of hydrogen-bond donors (Lipinski definition) is 1. The minimum Gasteiger partial charge on any atom is -0.364 e. The Morgan fingerprint density at radius 2 is 2.00 bits per heavy atom. The summed E-state index contributed by atoms with van der Waals surface area (Å²) in [6.45, 7) is 4.76. The molecule has 0 spiro atoms. The third-order valence-electron chi connectivity index (χ3n) is 4.22. The maximum Gasteiger partial charge on any atom is 0.267 e. The number of carbonyl (C=O) groups is 2. The Balaban J connectivity index is 1.89. The average Bonchev–Trinajstić information content (AvgIpc) is 2.39. The van der Waals surface area contributed by atoms with E-state index < -0.39 is 5.91 Å². The number of nitrogens with zero attached hydrogens (tertiary/aromatic N) is 2. The fraction of sp³-hybridized carbons (Fsp3) is 0.667. The van der Waals surface area contributed by atoms with Gasteiger partial charge in [-0.3, -0.25) is 14.6 Å². The van der Waals surface area contributed by atoms with Crippen molar-refractivity contribution < 1.29 is 9.59 Å². The minimum atomic E-state index is -0.508. The van der Waals surface area contributed by atoms with E-state index >= 15 is 0 Å². The van der Waals surface area contributed by atoms with Gasteiger partial charge in [-0.15, -0.1) is 0 Å². The van der Waals surface area contributed by atoms with Crippen molar-refractivity contribution in [2.45, 2.75) is 39.5 Å². The maximum atomic E-state index is 12.3. The van der Waals surface area contributed by atoms with E-state index in [0.29, 0.717) is 24.7 Å². The highest BCUT2D eigenvalue weighted by Gasteiger charge is 2.26. The van der Waals surface area contributed by atoms with E-state index in [-0.39, 0.29) is 5.92 Å². The van der Waals surface area contributed by atoms with Crippen molar-refractivity contribution in [3.05, 3.63) is 11.8 Å². The number of nitrogens with two attached hydrogens (primary N) is 1. The predicted molar refractivity (Wildman–Crippen MR) is 78.1 cm³/mol. The van der Waals surface area contributed by atoms with Crippen LogP contribution in [0, 0.1) is 11.8 Å². The number of primary amides is 1. The number of ketones is 1. The summed E-state index contributed by atoms with van der Waals surface area (Å²) in [5.74, 6) is 0.727. The fourth-order valence-corrected chi connectivity index (χ4v) is 2.94. The lowest BCUT2D eigenvalue weighted by atomic mass is 9.81. The molecule has 2 aliphatic rings. The monoisotopic (exact) mass is 277 g/mol. The Labute approximate surface area is 119 Å². The van der Waals surface area contributed by atoms with Gasteiger partial charge in [0.2, 0.25) is 0 Å². The van der Waals surface area contributed by atoms with Gasteiger partial charge in [0.15, 0.2) is 5.78 Å². The molecule has 1 fully saturated rings. The number of aliphatic imine (C=N–C) groups is 1. The van der Waals surface area contributed by atoms with E-state index in [1.165, 1.54) is 0 Å². The molecule has 0 aromatic heterocycles. The molecule has 1 saturated carbocycles. The zero-order valence-corrected chi connectivity index (χ0v) is 12.3. The maximum absolute atomic E-state index is 12.3. The standard InChI is InChI=1S/C15H23N3O2/c1-10-3-5-12(6-4-10)13(19)8-18-7-11(2)14(15(16)20)17-9-18/h7,10,12H,3-6,8-9H2,1-2H3,(H2,16,20). The summed E-state index contributed by atoms with van der Waals surface area (Å²) >= 11 is 0. The van der Waals surface area contributed by atoms with Crippen molar-refractivity contribution >= 4 is 17.4 Å². The van der Waals surface area contributed by atoms with Crippen LogP contribution < -0.4 is 5.73 Å².